The van der Waals surface area contributed by atoms with Crippen LogP contribution in [0.5, 0.6) is 0 Å². The van der Waals surface area contributed by atoms with Crippen molar-refractivity contribution in [3.8, 4) is 5.69 Å². The molecule has 112 valence electrons. The number of rotatable bonds is 7. The maximum absolute atomic E-state index is 10.7. The number of aliphatic hydroxyl groups excluding tert-OH is 1. The first-order chi connectivity index (χ1) is 10.2. The molecule has 0 aliphatic rings. The zero-order valence-electron chi connectivity index (χ0n) is 11.4. The van der Waals surface area contributed by atoms with Gasteiger partial charge < -0.3 is 14.9 Å². The van der Waals surface area contributed by atoms with Crippen molar-refractivity contribution in [2.75, 3.05) is 12.9 Å². The van der Waals surface area contributed by atoms with E-state index in [9.17, 15) is 9.90 Å². The van der Waals surface area contributed by atoms with Gasteiger partial charge in [0.1, 0.15) is 6.61 Å². The molecule has 0 unspecified atom stereocenters. The van der Waals surface area contributed by atoms with Crippen LogP contribution < -0.4 is 0 Å². The number of hydrogen-bond donors (Lipinski definition) is 2. The first-order valence-electron chi connectivity index (χ1n) is 6.14. The Hall–Kier alpha value is -1.90. The van der Waals surface area contributed by atoms with Crippen LogP contribution in [0.1, 0.15) is 11.4 Å². The van der Waals surface area contributed by atoms with Crippen LogP contribution in [0.2, 0.25) is 0 Å². The van der Waals surface area contributed by atoms with Crippen LogP contribution >= 0.6 is 11.8 Å². The number of aliphatic hydroxyl groups is 1. The summed E-state index contributed by atoms with van der Waals surface area (Å²) in [6.07, 6.45) is 0. The van der Waals surface area contributed by atoms with Gasteiger partial charge in [0.2, 0.25) is 0 Å². The molecule has 0 saturated heterocycles. The highest BCUT2D eigenvalue weighted by Crippen LogP contribution is 2.24. The van der Waals surface area contributed by atoms with E-state index in [-0.39, 0.29) is 12.4 Å². The van der Waals surface area contributed by atoms with Crippen LogP contribution in [0.3, 0.4) is 0 Å². The molecule has 0 saturated carbocycles. The Morgan fingerprint density at radius 1 is 1.38 bits per heavy atom. The minimum Gasteiger partial charge on any atom is -0.481 e. The molecule has 0 bridgehead atoms. The third kappa shape index (κ3) is 3.60. The van der Waals surface area contributed by atoms with Crippen molar-refractivity contribution in [2.45, 2.75) is 18.4 Å². The molecular weight excluding hydrogens is 294 g/mol. The Morgan fingerprint density at radius 3 is 2.81 bits per heavy atom. The molecule has 0 atom stereocenters. The largest absolute Gasteiger partial charge is 0.481 e. The van der Waals surface area contributed by atoms with Gasteiger partial charge in [0.15, 0.2) is 11.0 Å². The molecule has 7 nitrogen and oxygen atoms in total. The highest BCUT2D eigenvalue weighted by molar-refractivity contribution is 7.99. The molecule has 0 radical (unpaired) electrons. The second kappa shape index (κ2) is 7.21. The molecule has 1 aromatic carbocycles. The van der Waals surface area contributed by atoms with Gasteiger partial charge in [0.05, 0.1) is 18.0 Å². The molecule has 0 aliphatic carbocycles. The molecule has 21 heavy (non-hydrogen) atoms. The van der Waals surface area contributed by atoms with E-state index in [1.165, 1.54) is 0 Å². The van der Waals surface area contributed by atoms with Crippen molar-refractivity contribution in [3.05, 3.63) is 35.7 Å². The molecule has 1 aromatic heterocycles. The van der Waals surface area contributed by atoms with Crippen LogP contribution in [0.25, 0.3) is 5.69 Å². The Morgan fingerprint density at radius 2 is 2.14 bits per heavy atom. The maximum atomic E-state index is 10.7. The summed E-state index contributed by atoms with van der Waals surface area (Å²) < 4.78 is 6.82. The van der Waals surface area contributed by atoms with Gasteiger partial charge in [0, 0.05) is 12.7 Å². The van der Waals surface area contributed by atoms with Gasteiger partial charge in [-0.15, -0.1) is 10.2 Å². The number of carboxylic acid groups (broad SMARTS) is 1. The number of aromatic nitrogens is 3. The molecular formula is C13H15N3O4S. The van der Waals surface area contributed by atoms with E-state index in [4.69, 9.17) is 9.84 Å². The summed E-state index contributed by atoms with van der Waals surface area (Å²) >= 11 is 1.05. The lowest BCUT2D eigenvalue weighted by Crippen LogP contribution is -2.07. The summed E-state index contributed by atoms with van der Waals surface area (Å²) in [4.78, 5) is 10.7. The van der Waals surface area contributed by atoms with E-state index in [2.05, 4.69) is 10.2 Å². The number of methoxy groups -OCH3 is 1. The van der Waals surface area contributed by atoms with E-state index in [0.717, 1.165) is 23.0 Å². The van der Waals surface area contributed by atoms with E-state index < -0.39 is 5.97 Å². The topological polar surface area (TPSA) is 97.5 Å². The highest BCUT2D eigenvalue weighted by atomic mass is 32.2. The monoisotopic (exact) mass is 309 g/mol. The predicted octanol–water partition coefficient (Wildman–Crippen LogP) is 1.08. The fraction of sp³-hybridized carbons (Fsp3) is 0.308. The van der Waals surface area contributed by atoms with Crippen molar-refractivity contribution in [1.29, 1.82) is 0 Å². The molecule has 2 N–H and O–H groups in total. The minimum atomic E-state index is -0.940. The number of nitrogens with zero attached hydrogens (tertiary/aromatic N) is 3. The second-order valence-electron chi connectivity index (χ2n) is 4.14. The van der Waals surface area contributed by atoms with Gasteiger partial charge in [0.25, 0.3) is 0 Å². The number of thioether (sulfide) groups is 1. The summed E-state index contributed by atoms with van der Waals surface area (Å²) in [7, 11) is 1.59. The van der Waals surface area contributed by atoms with Gasteiger partial charge in [-0.25, -0.2) is 0 Å². The lowest BCUT2D eigenvalue weighted by atomic mass is 10.2. The molecule has 0 amide bonds. The standard InChI is InChI=1S/C13H15N3O4S/c1-20-7-9-4-2-3-5-10(9)16-11(6-17)14-15-13(16)21-8-12(18)19/h2-5,17H,6-8H2,1H3,(H,18,19). The second-order valence-corrected chi connectivity index (χ2v) is 5.08. The van der Waals surface area contributed by atoms with Crippen LogP contribution in [-0.2, 0) is 22.7 Å². The summed E-state index contributed by atoms with van der Waals surface area (Å²) in [5, 5.41) is 26.5. The maximum Gasteiger partial charge on any atom is 0.313 e. The van der Waals surface area contributed by atoms with Gasteiger partial charge >= 0.3 is 5.97 Å². The average molecular weight is 309 g/mol. The van der Waals surface area contributed by atoms with Crippen LogP contribution in [0.15, 0.2) is 29.4 Å². The van der Waals surface area contributed by atoms with Crippen LogP contribution in [0, 0.1) is 0 Å². The van der Waals surface area contributed by atoms with Gasteiger partial charge in [-0.05, 0) is 6.07 Å². The summed E-state index contributed by atoms with van der Waals surface area (Å²) in [6.45, 7) is 0.101. The van der Waals surface area contributed by atoms with Crippen LogP contribution in [-0.4, -0.2) is 43.8 Å². The molecule has 0 spiro atoms. The average Bonchev–Trinajstić information content (AvgIpc) is 2.89. The van der Waals surface area contributed by atoms with E-state index >= 15 is 0 Å². The first-order valence-corrected chi connectivity index (χ1v) is 7.13. The summed E-state index contributed by atoms with van der Waals surface area (Å²) in [5.74, 6) is -0.715. The Labute approximate surface area is 125 Å². The molecule has 2 rings (SSSR count). The minimum absolute atomic E-state index is 0.129. The van der Waals surface area contributed by atoms with Crippen molar-refractivity contribution in [3.63, 3.8) is 0 Å². The third-order valence-corrected chi connectivity index (χ3v) is 3.61. The number of carboxylic acids is 1. The van der Waals surface area contributed by atoms with Gasteiger partial charge in [-0.1, -0.05) is 30.0 Å². The summed E-state index contributed by atoms with van der Waals surface area (Å²) in [6, 6.07) is 7.47. The zero-order chi connectivity index (χ0) is 15.2. The Kier molecular flexibility index (Phi) is 5.32. The Balaban J connectivity index is 2.46. The number of aliphatic carboxylic acids is 1. The SMILES string of the molecule is COCc1ccccc1-n1c(CO)nnc1SCC(=O)O. The first kappa shape index (κ1) is 15.5. The highest BCUT2D eigenvalue weighted by Gasteiger charge is 2.17. The number of hydrogen-bond acceptors (Lipinski definition) is 6. The molecule has 0 aliphatic heterocycles. The fourth-order valence-corrected chi connectivity index (χ4v) is 2.55. The number of benzene rings is 1. The summed E-state index contributed by atoms with van der Waals surface area (Å²) in [5.41, 5.74) is 1.66. The normalized spacial score (nSPS) is 10.8. The number of carbonyl (C=O) groups is 1. The van der Waals surface area contributed by atoms with Gasteiger partial charge in [-0.3, -0.25) is 9.36 Å². The van der Waals surface area contributed by atoms with E-state index in [0.29, 0.717) is 17.6 Å². The quantitative estimate of drug-likeness (QED) is 0.739. The fourth-order valence-electron chi connectivity index (χ4n) is 1.87. The molecule has 2 aromatic rings. The van der Waals surface area contributed by atoms with Crippen molar-refractivity contribution >= 4 is 17.7 Å². The van der Waals surface area contributed by atoms with E-state index in [1.807, 2.05) is 24.3 Å². The van der Waals surface area contributed by atoms with Crippen molar-refractivity contribution in [1.82, 2.24) is 14.8 Å². The number of para-hydroxylation sites is 1. The molecule has 1 heterocycles. The number of ether oxygens (including phenoxy) is 1. The zero-order valence-corrected chi connectivity index (χ0v) is 12.2. The van der Waals surface area contributed by atoms with Gasteiger partial charge in [-0.2, -0.15) is 0 Å². The van der Waals surface area contributed by atoms with Crippen molar-refractivity contribution < 1.29 is 19.7 Å². The molecule has 8 heteroatoms. The van der Waals surface area contributed by atoms with Crippen LogP contribution in [0.4, 0.5) is 0 Å². The van der Waals surface area contributed by atoms with Crippen molar-refractivity contribution in [2.24, 2.45) is 0 Å². The lowest BCUT2D eigenvalue weighted by Gasteiger charge is -2.13. The third-order valence-electron chi connectivity index (χ3n) is 2.70. The molecule has 0 fully saturated rings. The smallest absolute Gasteiger partial charge is 0.313 e. The predicted molar refractivity (Wildman–Crippen MR) is 76.4 cm³/mol. The van der Waals surface area contributed by atoms with E-state index in [1.54, 1.807) is 11.7 Å². The lowest BCUT2D eigenvalue weighted by molar-refractivity contribution is -0.133. The Bertz CT molecular complexity index is 630.